The van der Waals surface area contributed by atoms with Crippen molar-refractivity contribution in [2.45, 2.75) is 55.6 Å². The molecule has 13 heteroatoms. The largest absolute Gasteiger partial charge is 0.357 e. The predicted octanol–water partition coefficient (Wildman–Crippen LogP) is 0.0598. The van der Waals surface area contributed by atoms with E-state index < -0.39 is 33.5 Å². The molecule has 1 aliphatic carbocycles. The van der Waals surface area contributed by atoms with Crippen molar-refractivity contribution in [1.29, 1.82) is 0 Å². The number of nitrogens with one attached hydrogen (secondary N) is 2. The van der Waals surface area contributed by atoms with Crippen LogP contribution in [0.1, 0.15) is 25.3 Å². The number of ether oxygens (including phenoxy) is 1. The van der Waals surface area contributed by atoms with Gasteiger partial charge < -0.3 is 4.74 Å². The highest BCUT2D eigenvalue weighted by atomic mass is 32.2. The van der Waals surface area contributed by atoms with E-state index in [1.54, 1.807) is 24.1 Å². The molecule has 11 nitrogen and oxygen atoms in total. The molecule has 3 heterocycles. The van der Waals surface area contributed by atoms with Gasteiger partial charge in [0.15, 0.2) is 0 Å². The van der Waals surface area contributed by atoms with Gasteiger partial charge in [0.1, 0.15) is 12.9 Å². The number of alkyl halides is 1. The minimum Gasteiger partial charge on any atom is -0.357 e. The van der Waals surface area contributed by atoms with Gasteiger partial charge in [-0.3, -0.25) is 23.9 Å². The molecule has 0 bridgehead atoms. The van der Waals surface area contributed by atoms with E-state index in [4.69, 9.17) is 4.74 Å². The van der Waals surface area contributed by atoms with Crippen molar-refractivity contribution in [2.75, 3.05) is 13.2 Å². The number of nitrogens with zero attached hydrogens (tertiary/aromatic N) is 4. The van der Waals surface area contributed by atoms with E-state index in [-0.39, 0.29) is 35.7 Å². The molecule has 0 spiro atoms. The average Bonchev–Trinajstić information content (AvgIpc) is 3.26. The second-order valence-electron chi connectivity index (χ2n) is 9.31. The molecule has 1 saturated carbocycles. The summed E-state index contributed by atoms with van der Waals surface area (Å²) in [7, 11) is -2.34. The van der Waals surface area contributed by atoms with Gasteiger partial charge in [-0.25, -0.2) is 22.3 Å². The van der Waals surface area contributed by atoms with Crippen LogP contribution >= 0.6 is 0 Å². The number of halogens is 1. The monoisotopic (exact) mass is 506 g/mol. The summed E-state index contributed by atoms with van der Waals surface area (Å²) in [6.45, 7) is 1.74. The number of aromatic nitrogens is 4. The minimum absolute atomic E-state index is 0.0260. The molecule has 5 rings (SSSR count). The summed E-state index contributed by atoms with van der Waals surface area (Å²) in [5.74, 6) is 0. The Bertz CT molecular complexity index is 1510. The fraction of sp³-hybridized carbons (Fsp3) is 0.500. The third-order valence-corrected chi connectivity index (χ3v) is 8.06. The number of sulfonamides is 1. The summed E-state index contributed by atoms with van der Waals surface area (Å²) < 4.78 is 51.5. The van der Waals surface area contributed by atoms with Gasteiger partial charge in [0.2, 0.25) is 10.0 Å². The van der Waals surface area contributed by atoms with Crippen LogP contribution in [0, 0.1) is 0 Å². The summed E-state index contributed by atoms with van der Waals surface area (Å²) in [6, 6.07) is 4.03. The van der Waals surface area contributed by atoms with Crippen LogP contribution in [-0.4, -0.2) is 58.4 Å². The lowest BCUT2D eigenvalue weighted by Gasteiger charge is -2.18. The fourth-order valence-corrected chi connectivity index (χ4v) is 5.84. The Balaban J connectivity index is 1.63. The average molecular weight is 507 g/mol. The Labute approximate surface area is 200 Å². The molecule has 35 heavy (non-hydrogen) atoms. The van der Waals surface area contributed by atoms with Gasteiger partial charge in [-0.15, -0.1) is 0 Å². The maximum Gasteiger partial charge on any atom is 0.331 e. The van der Waals surface area contributed by atoms with Crippen molar-refractivity contribution in [3.63, 3.8) is 0 Å². The Morgan fingerprint density at radius 3 is 2.66 bits per heavy atom. The Kier molecular flexibility index (Phi) is 5.90. The van der Waals surface area contributed by atoms with E-state index in [1.165, 1.54) is 22.8 Å². The van der Waals surface area contributed by atoms with Crippen molar-refractivity contribution in [2.24, 2.45) is 7.05 Å². The molecule has 2 atom stereocenters. The van der Waals surface area contributed by atoms with E-state index >= 15 is 0 Å². The van der Waals surface area contributed by atoms with Gasteiger partial charge in [-0.05, 0) is 38.0 Å². The lowest BCUT2D eigenvalue weighted by Crippen LogP contribution is -2.42. The van der Waals surface area contributed by atoms with Crippen LogP contribution in [0.2, 0.25) is 0 Å². The van der Waals surface area contributed by atoms with Crippen molar-refractivity contribution in [1.82, 2.24) is 29.0 Å². The van der Waals surface area contributed by atoms with Crippen LogP contribution in [0.15, 0.2) is 45.1 Å². The van der Waals surface area contributed by atoms with Gasteiger partial charge in [-0.1, -0.05) is 0 Å². The van der Waals surface area contributed by atoms with Gasteiger partial charge in [0.25, 0.3) is 5.56 Å². The van der Waals surface area contributed by atoms with Crippen molar-refractivity contribution < 1.29 is 17.5 Å². The summed E-state index contributed by atoms with van der Waals surface area (Å²) in [4.78, 5) is 26.7. The van der Waals surface area contributed by atoms with Crippen LogP contribution < -0.4 is 21.3 Å². The maximum atomic E-state index is 13.5. The zero-order valence-corrected chi connectivity index (χ0v) is 20.2. The van der Waals surface area contributed by atoms with Crippen LogP contribution in [-0.2, 0) is 34.9 Å². The number of hydrogen-bond donors (Lipinski definition) is 2. The molecule has 3 aromatic rings. The molecule has 1 aromatic carbocycles. The summed E-state index contributed by atoms with van der Waals surface area (Å²) >= 11 is 0. The number of aryl methyl sites for hydroxylation is 1. The molecular weight excluding hydrogens is 479 g/mol. The smallest absolute Gasteiger partial charge is 0.331 e. The number of hydrogen-bond acceptors (Lipinski definition) is 7. The number of fused-ring (bicyclic) bond motifs is 1. The summed E-state index contributed by atoms with van der Waals surface area (Å²) in [5.41, 5.74) is -1.27. The van der Waals surface area contributed by atoms with E-state index in [2.05, 4.69) is 15.1 Å². The van der Waals surface area contributed by atoms with E-state index in [0.29, 0.717) is 30.5 Å². The molecule has 2 unspecified atom stereocenters. The van der Waals surface area contributed by atoms with Crippen molar-refractivity contribution >= 4 is 20.9 Å². The third-order valence-electron chi connectivity index (χ3n) is 6.48. The Hall–Kier alpha value is -2.87. The van der Waals surface area contributed by atoms with Crippen molar-refractivity contribution in [3.8, 4) is 0 Å². The first kappa shape index (κ1) is 23.9. The van der Waals surface area contributed by atoms with Gasteiger partial charge >= 0.3 is 5.69 Å². The molecular formula is C22H27FN6O5S. The van der Waals surface area contributed by atoms with E-state index in [0.717, 1.165) is 4.57 Å². The molecule has 2 fully saturated rings. The number of benzene rings is 1. The first-order chi connectivity index (χ1) is 16.6. The summed E-state index contributed by atoms with van der Waals surface area (Å²) in [6.07, 6.45) is 3.62. The molecule has 1 aliphatic heterocycles. The molecule has 2 aliphatic rings. The zero-order valence-electron chi connectivity index (χ0n) is 19.4. The topological polar surface area (TPSA) is 129 Å². The molecule has 2 N–H and O–H groups in total. The van der Waals surface area contributed by atoms with Crippen LogP contribution in [0.25, 0.3) is 10.9 Å². The van der Waals surface area contributed by atoms with Crippen LogP contribution in [0.4, 0.5) is 4.39 Å². The highest BCUT2D eigenvalue weighted by Crippen LogP contribution is 2.37. The molecule has 0 radical (unpaired) electrons. The molecule has 0 amide bonds. The quantitative estimate of drug-likeness (QED) is 0.442. The first-order valence-electron chi connectivity index (χ1n) is 11.3. The van der Waals surface area contributed by atoms with Crippen LogP contribution in [0.3, 0.4) is 0 Å². The molecule has 2 aromatic heterocycles. The van der Waals surface area contributed by atoms with E-state index in [1.807, 2.05) is 6.92 Å². The van der Waals surface area contributed by atoms with Gasteiger partial charge in [0, 0.05) is 25.4 Å². The molecule has 188 valence electrons. The maximum absolute atomic E-state index is 13.5. The highest BCUT2D eigenvalue weighted by molar-refractivity contribution is 7.89. The third kappa shape index (κ3) is 4.56. The van der Waals surface area contributed by atoms with Crippen LogP contribution in [0.5, 0.6) is 0 Å². The SMILES string of the molecule is CC1NCC(Cn2c(=O)n(Cc3cnn(C)c3)c(=O)c3cc(S(=O)(=O)NC4(CF)CC4)ccc32)O1. The second-order valence-corrected chi connectivity index (χ2v) is 11.0. The first-order valence-corrected chi connectivity index (χ1v) is 12.8. The predicted molar refractivity (Wildman–Crippen MR) is 125 cm³/mol. The fourth-order valence-electron chi connectivity index (χ4n) is 4.37. The van der Waals surface area contributed by atoms with E-state index in [9.17, 15) is 22.4 Å². The van der Waals surface area contributed by atoms with Crippen molar-refractivity contribution in [3.05, 3.63) is 57.0 Å². The lowest BCUT2D eigenvalue weighted by atomic mass is 10.2. The summed E-state index contributed by atoms with van der Waals surface area (Å²) in [5, 5.41) is 7.31. The molecule has 1 saturated heterocycles. The minimum atomic E-state index is -4.07. The standard InChI is InChI=1S/C22H27FN6O5S/c1-14-24-9-16(34-14)12-28-19-4-3-17(35(32,33)26-22(13-23)5-6-22)7-18(19)20(30)29(21(28)31)11-15-8-25-27(2)10-15/h3-4,7-8,10,14,16,24,26H,5-6,9,11-13H2,1-2H3. The Morgan fingerprint density at radius 1 is 1.29 bits per heavy atom. The normalized spacial score (nSPS) is 21.6. The number of rotatable bonds is 8. The van der Waals surface area contributed by atoms with Gasteiger partial charge in [0.05, 0.1) is 46.7 Å². The van der Waals surface area contributed by atoms with Gasteiger partial charge in [-0.2, -0.15) is 5.10 Å². The highest BCUT2D eigenvalue weighted by Gasteiger charge is 2.46. The zero-order chi connectivity index (χ0) is 25.0. The lowest BCUT2D eigenvalue weighted by molar-refractivity contribution is 0.0437. The second kappa shape index (κ2) is 8.66. The Morgan fingerprint density at radius 2 is 2.06 bits per heavy atom.